The molecule has 0 radical (unpaired) electrons. The van der Waals surface area contributed by atoms with Crippen molar-refractivity contribution in [1.82, 2.24) is 0 Å². The Morgan fingerprint density at radius 3 is 1.91 bits per heavy atom. The van der Waals surface area contributed by atoms with E-state index in [0.29, 0.717) is 17.1 Å². The van der Waals surface area contributed by atoms with Gasteiger partial charge in [-0.15, -0.1) is 0 Å². The van der Waals surface area contributed by atoms with Crippen LogP contribution in [-0.2, 0) is 10.8 Å². The maximum absolute atomic E-state index is 11.6. The molecule has 0 N–H and O–H groups in total. The topological polar surface area (TPSA) is 61.6 Å². The van der Waals surface area contributed by atoms with E-state index in [1.54, 1.807) is 6.07 Å². The highest BCUT2D eigenvalue weighted by Gasteiger charge is 2.43. The maximum Gasteiger partial charge on any atom is 0.277 e. The van der Waals surface area contributed by atoms with Crippen LogP contribution in [0.2, 0.25) is 0 Å². The average molecular weight is 307 g/mol. The second-order valence-corrected chi connectivity index (χ2v) is 8.34. The number of nitro groups is 1. The molecule has 22 heavy (non-hydrogen) atoms. The number of rotatable bonds is 1. The summed E-state index contributed by atoms with van der Waals surface area (Å²) in [4.78, 5) is 11.3. The maximum atomic E-state index is 11.6. The summed E-state index contributed by atoms with van der Waals surface area (Å²) in [7, 11) is 0. The molecule has 0 spiro atoms. The molecule has 0 atom stereocenters. The molecule has 0 fully saturated rings. The fourth-order valence-corrected chi connectivity index (χ4v) is 2.76. The first kappa shape index (κ1) is 16.6. The number of nitrogens with zero attached hydrogens (tertiary/aromatic N) is 1. The van der Waals surface area contributed by atoms with Crippen molar-refractivity contribution >= 4 is 5.69 Å². The molecule has 5 nitrogen and oxygen atoms in total. The SMILES string of the molecule is CC1(C)Oc2c(C(C)(C)C)cc([N+](=O)[O-])c(C(C)(C)C)c2O1. The number of hydrogen-bond acceptors (Lipinski definition) is 4. The van der Waals surface area contributed by atoms with Gasteiger partial charge in [-0.3, -0.25) is 10.1 Å². The zero-order chi connectivity index (χ0) is 17.1. The van der Waals surface area contributed by atoms with Gasteiger partial charge >= 0.3 is 0 Å². The third kappa shape index (κ3) is 2.76. The Morgan fingerprint density at radius 2 is 1.50 bits per heavy atom. The lowest BCUT2D eigenvalue weighted by Crippen LogP contribution is -2.30. The van der Waals surface area contributed by atoms with Gasteiger partial charge in [-0.2, -0.15) is 0 Å². The van der Waals surface area contributed by atoms with Crippen LogP contribution >= 0.6 is 0 Å². The summed E-state index contributed by atoms with van der Waals surface area (Å²) in [5, 5.41) is 11.6. The van der Waals surface area contributed by atoms with Crippen LogP contribution in [0, 0.1) is 10.1 Å². The second kappa shape index (κ2) is 4.61. The number of fused-ring (bicyclic) bond motifs is 1. The van der Waals surface area contributed by atoms with Gasteiger partial charge in [0.2, 0.25) is 5.79 Å². The highest BCUT2D eigenvalue weighted by atomic mass is 16.7. The van der Waals surface area contributed by atoms with E-state index in [1.165, 1.54) is 0 Å². The molecule has 2 rings (SSSR count). The Kier molecular flexibility index (Phi) is 3.47. The minimum Gasteiger partial charge on any atom is -0.449 e. The molecule has 0 bridgehead atoms. The molecular weight excluding hydrogens is 282 g/mol. The van der Waals surface area contributed by atoms with Gasteiger partial charge in [0.1, 0.15) is 0 Å². The summed E-state index contributed by atoms with van der Waals surface area (Å²) in [5.41, 5.74) is 0.776. The molecule has 1 aromatic rings. The van der Waals surface area contributed by atoms with Crippen LogP contribution in [0.15, 0.2) is 6.07 Å². The first-order valence-electron chi connectivity index (χ1n) is 7.48. The van der Waals surface area contributed by atoms with Crippen molar-refractivity contribution in [3.63, 3.8) is 0 Å². The average Bonchev–Trinajstić information content (AvgIpc) is 2.57. The summed E-state index contributed by atoms with van der Waals surface area (Å²) in [6.07, 6.45) is 0. The van der Waals surface area contributed by atoms with Gasteiger partial charge in [0, 0.05) is 25.5 Å². The minimum absolute atomic E-state index is 0.0949. The van der Waals surface area contributed by atoms with Crippen molar-refractivity contribution in [2.75, 3.05) is 0 Å². The molecule has 1 aromatic carbocycles. The van der Waals surface area contributed by atoms with E-state index in [4.69, 9.17) is 9.47 Å². The van der Waals surface area contributed by atoms with Gasteiger partial charge in [0.15, 0.2) is 11.5 Å². The van der Waals surface area contributed by atoms with Crippen molar-refractivity contribution in [3.8, 4) is 11.5 Å². The fraction of sp³-hybridized carbons (Fsp3) is 0.647. The number of nitro benzene ring substituents is 1. The van der Waals surface area contributed by atoms with Crippen LogP contribution in [0.4, 0.5) is 5.69 Å². The predicted molar refractivity (Wildman–Crippen MR) is 85.8 cm³/mol. The summed E-state index contributed by atoms with van der Waals surface area (Å²) in [6, 6.07) is 1.64. The van der Waals surface area contributed by atoms with E-state index in [9.17, 15) is 10.1 Å². The molecule has 1 aliphatic heterocycles. The minimum atomic E-state index is -0.822. The molecular formula is C17H25NO4. The number of benzene rings is 1. The lowest BCUT2D eigenvalue weighted by molar-refractivity contribution is -0.386. The second-order valence-electron chi connectivity index (χ2n) is 8.34. The molecule has 0 aliphatic carbocycles. The Bertz CT molecular complexity index is 634. The standard InChI is InChI=1S/C17H25NO4/c1-15(2,3)10-9-11(18(19)20)12(16(4,5)6)14-13(10)21-17(7,8)22-14/h9H,1-8H3. The predicted octanol–water partition coefficient (Wildman–Crippen LogP) is 4.70. The van der Waals surface area contributed by atoms with Gasteiger partial charge in [-0.05, 0) is 10.8 Å². The smallest absolute Gasteiger partial charge is 0.277 e. The molecule has 0 unspecified atom stereocenters. The van der Waals surface area contributed by atoms with Gasteiger partial charge < -0.3 is 9.47 Å². The molecule has 0 amide bonds. The highest BCUT2D eigenvalue weighted by molar-refractivity contribution is 5.66. The van der Waals surface area contributed by atoms with Crippen molar-refractivity contribution in [1.29, 1.82) is 0 Å². The lowest BCUT2D eigenvalue weighted by Gasteiger charge is -2.25. The monoisotopic (exact) mass is 307 g/mol. The van der Waals surface area contributed by atoms with Crippen LogP contribution in [-0.4, -0.2) is 10.7 Å². The van der Waals surface area contributed by atoms with E-state index in [1.807, 2.05) is 55.4 Å². The van der Waals surface area contributed by atoms with Crippen molar-refractivity contribution < 1.29 is 14.4 Å². The first-order chi connectivity index (χ1) is 9.74. The van der Waals surface area contributed by atoms with E-state index < -0.39 is 11.2 Å². The number of hydrogen-bond donors (Lipinski definition) is 0. The Balaban J connectivity index is 2.89. The molecule has 1 heterocycles. The molecule has 1 aliphatic rings. The molecule has 5 heteroatoms. The summed E-state index contributed by atoms with van der Waals surface area (Å²) >= 11 is 0. The highest BCUT2D eigenvalue weighted by Crippen LogP contribution is 2.54. The van der Waals surface area contributed by atoms with E-state index in [0.717, 1.165) is 5.56 Å². The van der Waals surface area contributed by atoms with Crippen molar-refractivity contribution in [2.45, 2.75) is 72.0 Å². The summed E-state index contributed by atoms with van der Waals surface area (Å²) < 4.78 is 11.9. The molecule has 0 saturated carbocycles. The van der Waals surface area contributed by atoms with Crippen LogP contribution in [0.5, 0.6) is 11.5 Å². The molecule has 0 aromatic heterocycles. The largest absolute Gasteiger partial charge is 0.449 e. The third-order valence-corrected chi connectivity index (χ3v) is 3.67. The van der Waals surface area contributed by atoms with Crippen LogP contribution in [0.1, 0.15) is 66.5 Å². The van der Waals surface area contributed by atoms with Crippen molar-refractivity contribution in [3.05, 3.63) is 27.3 Å². The van der Waals surface area contributed by atoms with Gasteiger partial charge in [-0.25, -0.2) is 0 Å². The van der Waals surface area contributed by atoms with Crippen LogP contribution in [0.25, 0.3) is 0 Å². The molecule has 0 saturated heterocycles. The van der Waals surface area contributed by atoms with Gasteiger partial charge in [0.25, 0.3) is 5.69 Å². The Morgan fingerprint density at radius 1 is 1.00 bits per heavy atom. The Labute approximate surface area is 131 Å². The first-order valence-corrected chi connectivity index (χ1v) is 7.48. The van der Waals surface area contributed by atoms with Crippen LogP contribution in [0.3, 0.4) is 0 Å². The van der Waals surface area contributed by atoms with Gasteiger partial charge in [-0.1, -0.05) is 41.5 Å². The molecule has 122 valence electrons. The quantitative estimate of drug-likeness (QED) is 0.557. The Hall–Kier alpha value is -1.78. The van der Waals surface area contributed by atoms with Crippen LogP contribution < -0.4 is 9.47 Å². The zero-order valence-electron chi connectivity index (χ0n) is 14.7. The fourth-order valence-electron chi connectivity index (χ4n) is 2.76. The number of ether oxygens (including phenoxy) is 2. The van der Waals surface area contributed by atoms with Gasteiger partial charge in [0.05, 0.1) is 10.5 Å². The zero-order valence-corrected chi connectivity index (χ0v) is 14.7. The van der Waals surface area contributed by atoms with Crippen molar-refractivity contribution in [2.24, 2.45) is 0 Å². The summed E-state index contributed by atoms with van der Waals surface area (Å²) in [5.74, 6) is 0.321. The van der Waals surface area contributed by atoms with E-state index in [-0.39, 0.29) is 16.0 Å². The normalized spacial score (nSPS) is 16.7. The van der Waals surface area contributed by atoms with E-state index in [2.05, 4.69) is 0 Å². The summed E-state index contributed by atoms with van der Waals surface area (Å²) in [6.45, 7) is 15.5. The third-order valence-electron chi connectivity index (χ3n) is 3.67. The van der Waals surface area contributed by atoms with E-state index >= 15 is 0 Å². The lowest BCUT2D eigenvalue weighted by atomic mass is 9.79.